The molecular formula is C28H56O6PS+. The fourth-order valence-electron chi connectivity index (χ4n) is 4.19. The Morgan fingerprint density at radius 2 is 1.31 bits per heavy atom. The van der Waals surface area contributed by atoms with Crippen molar-refractivity contribution in [3.63, 3.8) is 0 Å². The second kappa shape index (κ2) is 25.1. The van der Waals surface area contributed by atoms with Crippen molar-refractivity contribution in [2.45, 2.75) is 153 Å². The SMILES string of the molecule is CCCCCCCCCCCCSC(CCCCCCCC)C(C)OCCCOC(O)([PH+]=O)C(=O)O. The average Bonchev–Trinajstić information content (AvgIpc) is 2.87. The van der Waals surface area contributed by atoms with Gasteiger partial charge in [-0.25, -0.2) is 4.79 Å². The fraction of sp³-hybridized carbons (Fsp3) is 0.964. The second-order valence-corrected chi connectivity index (χ2v) is 12.2. The van der Waals surface area contributed by atoms with E-state index >= 15 is 0 Å². The molecule has 0 heterocycles. The highest BCUT2D eigenvalue weighted by Crippen LogP contribution is 2.26. The van der Waals surface area contributed by atoms with Crippen LogP contribution in [0.5, 0.6) is 0 Å². The van der Waals surface area contributed by atoms with Crippen LogP contribution in [0.15, 0.2) is 0 Å². The van der Waals surface area contributed by atoms with Gasteiger partial charge in [-0.2, -0.15) is 11.8 Å². The number of carbonyl (C=O) groups is 1. The summed E-state index contributed by atoms with van der Waals surface area (Å²) in [6.07, 6.45) is 23.0. The molecule has 0 aromatic carbocycles. The van der Waals surface area contributed by atoms with Crippen LogP contribution in [0, 0.1) is 0 Å². The van der Waals surface area contributed by atoms with Gasteiger partial charge < -0.3 is 19.7 Å². The van der Waals surface area contributed by atoms with Crippen molar-refractivity contribution >= 4 is 26.2 Å². The Kier molecular flexibility index (Phi) is 25.0. The Morgan fingerprint density at radius 3 is 1.81 bits per heavy atom. The second-order valence-electron chi connectivity index (χ2n) is 9.98. The number of unbranched alkanes of at least 4 members (excludes halogenated alkanes) is 14. The normalized spacial score (nSPS) is 15.1. The molecule has 0 aliphatic rings. The molecule has 0 saturated carbocycles. The van der Waals surface area contributed by atoms with Crippen molar-refractivity contribution < 1.29 is 29.0 Å². The molecule has 0 saturated heterocycles. The first-order chi connectivity index (χ1) is 17.4. The lowest BCUT2D eigenvalue weighted by Crippen LogP contribution is -2.36. The number of ether oxygens (including phenoxy) is 2. The maximum Gasteiger partial charge on any atom is 0.470 e. The van der Waals surface area contributed by atoms with Crippen molar-refractivity contribution in [1.29, 1.82) is 0 Å². The molecule has 0 fully saturated rings. The molecule has 4 unspecified atom stereocenters. The number of hydrogen-bond donors (Lipinski definition) is 2. The lowest BCUT2D eigenvalue weighted by Gasteiger charge is -2.24. The van der Waals surface area contributed by atoms with Gasteiger partial charge in [0.1, 0.15) is 0 Å². The Bertz CT molecular complexity index is 524. The highest BCUT2D eigenvalue weighted by atomic mass is 32.2. The van der Waals surface area contributed by atoms with Crippen LogP contribution in [0.25, 0.3) is 0 Å². The minimum absolute atomic E-state index is 0.0153. The lowest BCUT2D eigenvalue weighted by molar-refractivity contribution is -0.190. The number of carboxylic acids is 1. The van der Waals surface area contributed by atoms with Crippen molar-refractivity contribution in [1.82, 2.24) is 0 Å². The summed E-state index contributed by atoms with van der Waals surface area (Å²) in [5, 5.41) is 19.0. The summed E-state index contributed by atoms with van der Waals surface area (Å²) in [5.41, 5.74) is -2.61. The van der Waals surface area contributed by atoms with Crippen molar-refractivity contribution in [3.8, 4) is 0 Å². The molecule has 0 radical (unpaired) electrons. The number of carboxylic acid groups (broad SMARTS) is 1. The van der Waals surface area contributed by atoms with Gasteiger partial charge in [0.15, 0.2) is 0 Å². The van der Waals surface area contributed by atoms with Gasteiger partial charge in [0.25, 0.3) is 0 Å². The van der Waals surface area contributed by atoms with E-state index in [1.165, 1.54) is 108 Å². The van der Waals surface area contributed by atoms with Crippen LogP contribution in [0.4, 0.5) is 0 Å². The van der Waals surface area contributed by atoms with Crippen LogP contribution in [0.3, 0.4) is 0 Å². The molecule has 4 atom stereocenters. The predicted molar refractivity (Wildman–Crippen MR) is 154 cm³/mol. The van der Waals surface area contributed by atoms with Gasteiger partial charge in [-0.3, -0.25) is 0 Å². The monoisotopic (exact) mass is 551 g/mol. The van der Waals surface area contributed by atoms with E-state index in [0.29, 0.717) is 18.3 Å². The van der Waals surface area contributed by atoms with Gasteiger partial charge in [-0.15, -0.1) is 0 Å². The van der Waals surface area contributed by atoms with Crippen molar-refractivity contribution in [2.24, 2.45) is 0 Å². The van der Waals surface area contributed by atoms with Gasteiger partial charge in [-0.1, -0.05) is 115 Å². The third-order valence-corrected chi connectivity index (χ3v) is 8.81. The molecule has 6 nitrogen and oxygen atoms in total. The van der Waals surface area contributed by atoms with Crippen molar-refractivity contribution in [2.75, 3.05) is 19.0 Å². The quantitative estimate of drug-likeness (QED) is 0.0573. The van der Waals surface area contributed by atoms with Crippen LogP contribution in [-0.2, 0) is 18.8 Å². The van der Waals surface area contributed by atoms with E-state index in [1.807, 2.05) is 11.8 Å². The first-order valence-electron chi connectivity index (χ1n) is 14.6. The first kappa shape index (κ1) is 35.8. The maximum absolute atomic E-state index is 10.9. The summed E-state index contributed by atoms with van der Waals surface area (Å²) >= 11 is 2.04. The molecule has 0 spiro atoms. The molecule has 0 aromatic heterocycles. The van der Waals surface area contributed by atoms with E-state index in [9.17, 15) is 14.5 Å². The number of aliphatic hydroxyl groups is 1. The number of aliphatic carboxylic acids is 1. The number of rotatable bonds is 28. The van der Waals surface area contributed by atoms with Gasteiger partial charge in [0.2, 0.25) is 0 Å². The Labute approximate surface area is 227 Å². The third-order valence-electron chi connectivity index (χ3n) is 6.60. The molecular weight excluding hydrogens is 495 g/mol. The first-order valence-corrected chi connectivity index (χ1v) is 16.6. The number of thioether (sulfide) groups is 1. The summed E-state index contributed by atoms with van der Waals surface area (Å²) < 4.78 is 21.9. The molecule has 0 bridgehead atoms. The van der Waals surface area contributed by atoms with Crippen LogP contribution in [0.1, 0.15) is 136 Å². The highest BCUT2D eigenvalue weighted by molar-refractivity contribution is 7.99. The van der Waals surface area contributed by atoms with E-state index in [1.54, 1.807) is 0 Å². The van der Waals surface area contributed by atoms with E-state index in [2.05, 4.69) is 20.8 Å². The van der Waals surface area contributed by atoms with Gasteiger partial charge >= 0.3 is 20.0 Å². The van der Waals surface area contributed by atoms with Crippen LogP contribution in [0.2, 0.25) is 0 Å². The van der Waals surface area contributed by atoms with Crippen molar-refractivity contribution in [3.05, 3.63) is 0 Å². The van der Waals surface area contributed by atoms with Gasteiger partial charge in [0, 0.05) is 11.9 Å². The molecule has 36 heavy (non-hydrogen) atoms. The smallest absolute Gasteiger partial charge is 0.470 e. The van der Waals surface area contributed by atoms with E-state index < -0.39 is 20.0 Å². The summed E-state index contributed by atoms with van der Waals surface area (Å²) in [6, 6.07) is 0. The number of hydrogen-bond acceptors (Lipinski definition) is 6. The average molecular weight is 552 g/mol. The maximum atomic E-state index is 10.9. The molecule has 0 aliphatic carbocycles. The minimum atomic E-state index is -2.61. The third kappa shape index (κ3) is 19.9. The van der Waals surface area contributed by atoms with Crippen LogP contribution < -0.4 is 0 Å². The zero-order valence-electron chi connectivity index (χ0n) is 23.4. The minimum Gasteiger partial charge on any atom is -0.474 e. The standard InChI is InChI=1S/C28H55O6PS/c1-4-6-8-10-12-13-14-15-17-19-24-36-26(21-18-16-11-9-7-5-2)25(3)33-22-20-23-34-28(31,35-32)27(29)30/h25-26,31H,4-24H2,1-3H3,(H,29,30)/p+1. The molecule has 214 valence electrons. The summed E-state index contributed by atoms with van der Waals surface area (Å²) in [4.78, 5) is 10.9. The molecule has 8 heteroatoms. The van der Waals surface area contributed by atoms with Crippen LogP contribution >= 0.6 is 20.2 Å². The summed E-state index contributed by atoms with van der Waals surface area (Å²) in [6.45, 7) is 7.04. The Hall–Kier alpha value is -0.200. The molecule has 0 aromatic rings. The largest absolute Gasteiger partial charge is 0.474 e. The zero-order chi connectivity index (χ0) is 26.9. The molecule has 0 aliphatic heterocycles. The van der Waals surface area contributed by atoms with Gasteiger partial charge in [-0.05, 0) is 31.9 Å². The molecule has 2 N–H and O–H groups in total. The van der Waals surface area contributed by atoms with Crippen LogP contribution in [-0.4, -0.2) is 52.0 Å². The predicted octanol–water partition coefficient (Wildman–Crippen LogP) is 8.33. The highest BCUT2D eigenvalue weighted by Gasteiger charge is 2.47. The van der Waals surface area contributed by atoms with E-state index in [4.69, 9.17) is 14.6 Å². The molecule has 0 rings (SSSR count). The summed E-state index contributed by atoms with van der Waals surface area (Å²) in [5.74, 6) is -0.461. The lowest BCUT2D eigenvalue weighted by atomic mass is 10.1. The topological polar surface area (TPSA) is 93.1 Å². The zero-order valence-corrected chi connectivity index (χ0v) is 25.3. The molecule has 0 amide bonds. The Morgan fingerprint density at radius 1 is 0.806 bits per heavy atom. The fourth-order valence-corrected chi connectivity index (χ4v) is 5.80. The van der Waals surface area contributed by atoms with E-state index in [-0.39, 0.29) is 12.7 Å². The van der Waals surface area contributed by atoms with Gasteiger partial charge in [0.05, 0.1) is 12.7 Å². The summed E-state index contributed by atoms with van der Waals surface area (Å²) in [7, 11) is -1.48. The Balaban J connectivity index is 4.21. The van der Waals surface area contributed by atoms with E-state index in [0.717, 1.165) is 6.42 Å².